The first-order valence-electron chi connectivity index (χ1n) is 5.46. The van der Waals surface area contributed by atoms with E-state index in [1.165, 1.54) is 11.8 Å². The monoisotopic (exact) mass is 272 g/mol. The smallest absolute Gasteiger partial charge is 0.192 e. The zero-order valence-corrected chi connectivity index (χ0v) is 10.9. The molecule has 0 saturated carbocycles. The van der Waals surface area contributed by atoms with Crippen LogP contribution in [0.3, 0.4) is 0 Å². The molecule has 0 unspecified atom stereocenters. The van der Waals surface area contributed by atoms with Crippen molar-refractivity contribution < 1.29 is 0 Å². The summed E-state index contributed by atoms with van der Waals surface area (Å²) in [6.07, 6.45) is 1.85. The quantitative estimate of drug-likeness (QED) is 0.645. The summed E-state index contributed by atoms with van der Waals surface area (Å²) in [5, 5.41) is 2.53. The summed E-state index contributed by atoms with van der Waals surface area (Å²) in [6.45, 7) is 0. The SMILES string of the molecule is Clc1ccc(Sc2ncc3ccccc3n2)cc1. The summed E-state index contributed by atoms with van der Waals surface area (Å²) in [7, 11) is 0. The van der Waals surface area contributed by atoms with Gasteiger partial charge in [0.2, 0.25) is 0 Å². The molecule has 4 heteroatoms. The van der Waals surface area contributed by atoms with Gasteiger partial charge in [-0.3, -0.25) is 0 Å². The molecule has 88 valence electrons. The molecule has 1 aromatic heterocycles. The van der Waals surface area contributed by atoms with Crippen LogP contribution in [-0.2, 0) is 0 Å². The van der Waals surface area contributed by atoms with Gasteiger partial charge in [-0.25, -0.2) is 9.97 Å². The predicted molar refractivity (Wildman–Crippen MR) is 75.1 cm³/mol. The van der Waals surface area contributed by atoms with Crippen molar-refractivity contribution >= 4 is 34.3 Å². The van der Waals surface area contributed by atoms with Crippen LogP contribution in [0.25, 0.3) is 10.9 Å². The van der Waals surface area contributed by atoms with Crippen LogP contribution in [0.2, 0.25) is 5.02 Å². The minimum absolute atomic E-state index is 0.735. The Balaban J connectivity index is 1.92. The van der Waals surface area contributed by atoms with Gasteiger partial charge in [0, 0.05) is 21.5 Å². The number of para-hydroxylation sites is 1. The lowest BCUT2D eigenvalue weighted by atomic mass is 10.2. The molecular formula is C14H9ClN2S. The highest BCUT2D eigenvalue weighted by molar-refractivity contribution is 7.99. The molecule has 2 nitrogen and oxygen atoms in total. The minimum Gasteiger partial charge on any atom is -0.230 e. The van der Waals surface area contributed by atoms with Crippen LogP contribution < -0.4 is 0 Å². The van der Waals surface area contributed by atoms with Crippen molar-refractivity contribution in [1.82, 2.24) is 9.97 Å². The molecule has 1 heterocycles. The number of halogens is 1. The first-order valence-corrected chi connectivity index (χ1v) is 6.66. The van der Waals surface area contributed by atoms with Crippen molar-refractivity contribution in [2.75, 3.05) is 0 Å². The lowest BCUT2D eigenvalue weighted by Gasteiger charge is -2.02. The molecule has 0 atom stereocenters. The van der Waals surface area contributed by atoms with Crippen LogP contribution in [0.4, 0.5) is 0 Å². The highest BCUT2D eigenvalue weighted by Gasteiger charge is 2.02. The van der Waals surface area contributed by atoms with Gasteiger partial charge < -0.3 is 0 Å². The van der Waals surface area contributed by atoms with Crippen molar-refractivity contribution in [3.63, 3.8) is 0 Å². The number of fused-ring (bicyclic) bond motifs is 1. The number of nitrogens with zero attached hydrogens (tertiary/aromatic N) is 2. The summed E-state index contributed by atoms with van der Waals surface area (Å²) in [6, 6.07) is 15.6. The topological polar surface area (TPSA) is 25.8 Å². The number of benzene rings is 2. The third-order valence-corrected chi connectivity index (χ3v) is 3.63. The second-order valence-electron chi connectivity index (χ2n) is 3.77. The molecule has 3 aromatic rings. The Morgan fingerprint density at radius 2 is 1.72 bits per heavy atom. The molecule has 0 aliphatic rings. The highest BCUT2D eigenvalue weighted by atomic mass is 35.5. The molecule has 0 spiro atoms. The number of rotatable bonds is 2. The van der Waals surface area contributed by atoms with Crippen LogP contribution in [0, 0.1) is 0 Å². The fraction of sp³-hybridized carbons (Fsp3) is 0. The Morgan fingerprint density at radius 3 is 2.56 bits per heavy atom. The molecule has 0 fully saturated rings. The van der Waals surface area contributed by atoms with Gasteiger partial charge >= 0.3 is 0 Å². The van der Waals surface area contributed by atoms with Gasteiger partial charge in [-0.1, -0.05) is 29.8 Å². The standard InChI is InChI=1S/C14H9ClN2S/c15-11-5-7-12(8-6-11)18-14-16-9-10-3-1-2-4-13(10)17-14/h1-9H. The molecule has 0 saturated heterocycles. The third-order valence-electron chi connectivity index (χ3n) is 2.49. The average Bonchev–Trinajstić information content (AvgIpc) is 2.41. The van der Waals surface area contributed by atoms with E-state index >= 15 is 0 Å². The van der Waals surface area contributed by atoms with Crippen LogP contribution >= 0.6 is 23.4 Å². The summed E-state index contributed by atoms with van der Waals surface area (Å²) in [5.74, 6) is 0. The lowest BCUT2D eigenvalue weighted by Crippen LogP contribution is -1.86. The van der Waals surface area contributed by atoms with Crippen LogP contribution in [0.15, 0.2) is 64.8 Å². The van der Waals surface area contributed by atoms with Crippen molar-refractivity contribution in [3.05, 3.63) is 59.8 Å². The van der Waals surface area contributed by atoms with E-state index in [1.54, 1.807) is 0 Å². The first-order chi connectivity index (χ1) is 8.81. The van der Waals surface area contributed by atoms with Crippen LogP contribution in [0.1, 0.15) is 0 Å². The number of aromatic nitrogens is 2. The van der Waals surface area contributed by atoms with E-state index in [2.05, 4.69) is 9.97 Å². The molecule has 0 N–H and O–H groups in total. The van der Waals surface area contributed by atoms with E-state index < -0.39 is 0 Å². The maximum atomic E-state index is 5.85. The number of hydrogen-bond acceptors (Lipinski definition) is 3. The molecule has 0 amide bonds. The van der Waals surface area contributed by atoms with Gasteiger partial charge in [-0.15, -0.1) is 0 Å². The van der Waals surface area contributed by atoms with Gasteiger partial charge in [0.1, 0.15) is 0 Å². The molecule has 0 aliphatic carbocycles. The minimum atomic E-state index is 0.735. The molecule has 3 rings (SSSR count). The molecule has 2 aromatic carbocycles. The molecule has 0 aliphatic heterocycles. The molecule has 18 heavy (non-hydrogen) atoms. The highest BCUT2D eigenvalue weighted by Crippen LogP contribution is 2.26. The van der Waals surface area contributed by atoms with E-state index in [0.29, 0.717) is 0 Å². The second kappa shape index (κ2) is 4.96. The third kappa shape index (κ3) is 2.47. The van der Waals surface area contributed by atoms with Crippen molar-refractivity contribution in [3.8, 4) is 0 Å². The Kier molecular flexibility index (Phi) is 3.17. The van der Waals surface area contributed by atoms with Crippen LogP contribution in [-0.4, -0.2) is 9.97 Å². The van der Waals surface area contributed by atoms with Crippen LogP contribution in [0.5, 0.6) is 0 Å². The van der Waals surface area contributed by atoms with E-state index in [9.17, 15) is 0 Å². The van der Waals surface area contributed by atoms with E-state index in [4.69, 9.17) is 11.6 Å². The van der Waals surface area contributed by atoms with E-state index in [0.717, 1.165) is 26.0 Å². The summed E-state index contributed by atoms with van der Waals surface area (Å²) in [5.41, 5.74) is 0.962. The van der Waals surface area contributed by atoms with E-state index in [1.807, 2.05) is 54.7 Å². The molecule has 0 radical (unpaired) electrons. The fourth-order valence-electron chi connectivity index (χ4n) is 1.61. The summed E-state index contributed by atoms with van der Waals surface area (Å²) < 4.78 is 0. The van der Waals surface area contributed by atoms with Gasteiger partial charge in [0.05, 0.1) is 5.52 Å². The van der Waals surface area contributed by atoms with E-state index in [-0.39, 0.29) is 0 Å². The number of hydrogen-bond donors (Lipinski definition) is 0. The predicted octanol–water partition coefficient (Wildman–Crippen LogP) is 4.43. The van der Waals surface area contributed by atoms with Crippen molar-refractivity contribution in [2.45, 2.75) is 10.1 Å². The Bertz CT molecular complexity index is 683. The Morgan fingerprint density at radius 1 is 0.944 bits per heavy atom. The maximum absolute atomic E-state index is 5.85. The van der Waals surface area contributed by atoms with Gasteiger partial charge in [-0.05, 0) is 42.1 Å². The Labute approximate surface area is 114 Å². The second-order valence-corrected chi connectivity index (χ2v) is 5.24. The normalized spacial score (nSPS) is 10.7. The average molecular weight is 273 g/mol. The fourth-order valence-corrected chi connectivity index (χ4v) is 2.47. The summed E-state index contributed by atoms with van der Waals surface area (Å²) >= 11 is 7.38. The van der Waals surface area contributed by atoms with Crippen molar-refractivity contribution in [1.29, 1.82) is 0 Å². The first kappa shape index (κ1) is 11.5. The van der Waals surface area contributed by atoms with Gasteiger partial charge in [0.25, 0.3) is 0 Å². The zero-order chi connectivity index (χ0) is 12.4. The van der Waals surface area contributed by atoms with Crippen molar-refractivity contribution in [2.24, 2.45) is 0 Å². The largest absolute Gasteiger partial charge is 0.230 e. The maximum Gasteiger partial charge on any atom is 0.192 e. The Hall–Kier alpha value is -1.58. The van der Waals surface area contributed by atoms with Gasteiger partial charge in [-0.2, -0.15) is 0 Å². The molecular weight excluding hydrogens is 264 g/mol. The lowest BCUT2D eigenvalue weighted by molar-refractivity contribution is 1.00. The molecule has 0 bridgehead atoms. The van der Waals surface area contributed by atoms with Gasteiger partial charge in [0.15, 0.2) is 5.16 Å². The summed E-state index contributed by atoms with van der Waals surface area (Å²) in [4.78, 5) is 9.93. The zero-order valence-electron chi connectivity index (χ0n) is 9.38.